The maximum atomic E-state index is 11.5. The van der Waals surface area contributed by atoms with Crippen LogP contribution in [0.4, 0.5) is 0 Å². The maximum absolute atomic E-state index is 11.5. The third kappa shape index (κ3) is 3.30. The zero-order chi connectivity index (χ0) is 13.9. The van der Waals surface area contributed by atoms with E-state index in [1.807, 2.05) is 0 Å². The molecule has 2 aromatic rings. The van der Waals surface area contributed by atoms with Gasteiger partial charge in [-0.25, -0.2) is 8.42 Å². The topological polar surface area (TPSA) is 82.3 Å². The van der Waals surface area contributed by atoms with Crippen LogP contribution in [0, 0.1) is 0 Å². The Morgan fingerprint density at radius 1 is 1.32 bits per heavy atom. The number of rotatable bonds is 4. The normalized spacial score (nSPS) is 11.3. The van der Waals surface area contributed by atoms with E-state index in [0.29, 0.717) is 18.0 Å². The van der Waals surface area contributed by atoms with Gasteiger partial charge < -0.3 is 10.5 Å². The van der Waals surface area contributed by atoms with Crippen molar-refractivity contribution < 1.29 is 13.2 Å². The summed E-state index contributed by atoms with van der Waals surface area (Å²) in [7, 11) is -3.25. The highest BCUT2D eigenvalue weighted by Gasteiger charge is 2.09. The van der Waals surface area contributed by atoms with Gasteiger partial charge in [-0.3, -0.25) is 4.98 Å². The first-order valence-electron chi connectivity index (χ1n) is 5.61. The Labute approximate surface area is 112 Å². The zero-order valence-electron chi connectivity index (χ0n) is 10.4. The molecule has 2 N–H and O–H groups in total. The highest BCUT2D eigenvalue weighted by Crippen LogP contribution is 2.25. The number of pyridine rings is 1. The Hall–Kier alpha value is -1.92. The Morgan fingerprint density at radius 2 is 2.11 bits per heavy atom. The van der Waals surface area contributed by atoms with Crippen LogP contribution in [0.1, 0.15) is 5.56 Å². The number of nitrogens with two attached hydrogens (primary N) is 1. The van der Waals surface area contributed by atoms with Gasteiger partial charge in [-0.2, -0.15) is 0 Å². The van der Waals surface area contributed by atoms with E-state index in [0.717, 1.165) is 11.8 Å². The van der Waals surface area contributed by atoms with E-state index in [1.54, 1.807) is 30.6 Å². The van der Waals surface area contributed by atoms with Crippen molar-refractivity contribution in [2.45, 2.75) is 11.4 Å². The molecule has 0 saturated carbocycles. The SMILES string of the molecule is CS(=O)(=O)c1cccc(Oc2cnccc2CN)c1. The molecule has 0 aliphatic heterocycles. The van der Waals surface area contributed by atoms with Gasteiger partial charge in [-0.15, -0.1) is 0 Å². The number of aromatic nitrogens is 1. The van der Waals surface area contributed by atoms with Gasteiger partial charge in [0, 0.05) is 24.6 Å². The fraction of sp³-hybridized carbons (Fsp3) is 0.154. The summed E-state index contributed by atoms with van der Waals surface area (Å²) < 4.78 is 28.6. The van der Waals surface area contributed by atoms with Gasteiger partial charge in [0.05, 0.1) is 11.1 Å². The van der Waals surface area contributed by atoms with E-state index in [4.69, 9.17) is 10.5 Å². The Kier molecular flexibility index (Phi) is 3.82. The molecular weight excluding hydrogens is 264 g/mol. The third-order valence-corrected chi connectivity index (χ3v) is 3.66. The first kappa shape index (κ1) is 13.5. The molecule has 19 heavy (non-hydrogen) atoms. The van der Waals surface area contributed by atoms with Gasteiger partial charge in [-0.1, -0.05) is 6.07 Å². The van der Waals surface area contributed by atoms with Gasteiger partial charge in [0.2, 0.25) is 0 Å². The van der Waals surface area contributed by atoms with Crippen LogP contribution >= 0.6 is 0 Å². The summed E-state index contributed by atoms with van der Waals surface area (Å²) in [6.07, 6.45) is 4.33. The van der Waals surface area contributed by atoms with Crippen molar-refractivity contribution in [3.63, 3.8) is 0 Å². The minimum Gasteiger partial charge on any atom is -0.455 e. The number of nitrogens with zero attached hydrogens (tertiary/aromatic N) is 1. The predicted octanol–water partition coefficient (Wildman–Crippen LogP) is 1.74. The molecule has 0 aliphatic rings. The lowest BCUT2D eigenvalue weighted by Gasteiger charge is -2.09. The predicted molar refractivity (Wildman–Crippen MR) is 71.8 cm³/mol. The van der Waals surface area contributed by atoms with Gasteiger partial charge in [0.15, 0.2) is 9.84 Å². The van der Waals surface area contributed by atoms with Gasteiger partial charge in [0.25, 0.3) is 0 Å². The third-order valence-electron chi connectivity index (χ3n) is 2.55. The Balaban J connectivity index is 2.34. The van der Waals surface area contributed by atoms with E-state index < -0.39 is 9.84 Å². The Morgan fingerprint density at radius 3 is 2.79 bits per heavy atom. The monoisotopic (exact) mass is 278 g/mol. The molecule has 0 radical (unpaired) electrons. The second-order valence-corrected chi connectivity index (χ2v) is 6.05. The molecule has 0 aliphatic carbocycles. The standard InChI is InChI=1S/C13H14N2O3S/c1-19(16,17)12-4-2-3-11(7-12)18-13-9-15-6-5-10(13)8-14/h2-7,9H,8,14H2,1H3. The fourth-order valence-corrected chi connectivity index (χ4v) is 2.22. The lowest BCUT2D eigenvalue weighted by Crippen LogP contribution is -2.00. The molecule has 5 nitrogen and oxygen atoms in total. The van der Waals surface area contributed by atoms with Crippen LogP contribution in [0.25, 0.3) is 0 Å². The second kappa shape index (κ2) is 5.38. The van der Waals surface area contributed by atoms with Crippen molar-refractivity contribution in [2.24, 2.45) is 5.73 Å². The van der Waals surface area contributed by atoms with Crippen molar-refractivity contribution in [3.05, 3.63) is 48.3 Å². The first-order chi connectivity index (χ1) is 9.00. The van der Waals surface area contributed by atoms with Gasteiger partial charge in [0.1, 0.15) is 11.5 Å². The van der Waals surface area contributed by atoms with Crippen LogP contribution < -0.4 is 10.5 Å². The van der Waals surface area contributed by atoms with Crippen molar-refractivity contribution in [3.8, 4) is 11.5 Å². The lowest BCUT2D eigenvalue weighted by atomic mass is 10.2. The average Bonchev–Trinajstić information content (AvgIpc) is 2.39. The highest BCUT2D eigenvalue weighted by atomic mass is 32.2. The summed E-state index contributed by atoms with van der Waals surface area (Å²) in [4.78, 5) is 4.17. The quantitative estimate of drug-likeness (QED) is 0.921. The van der Waals surface area contributed by atoms with E-state index in [1.165, 1.54) is 12.1 Å². The van der Waals surface area contributed by atoms with Gasteiger partial charge in [-0.05, 0) is 24.3 Å². The minimum absolute atomic E-state index is 0.211. The van der Waals surface area contributed by atoms with E-state index in [2.05, 4.69) is 4.98 Å². The van der Waals surface area contributed by atoms with Gasteiger partial charge >= 0.3 is 0 Å². The number of hydrogen-bond acceptors (Lipinski definition) is 5. The molecule has 0 bridgehead atoms. The molecule has 1 aromatic carbocycles. The smallest absolute Gasteiger partial charge is 0.175 e. The van der Waals surface area contributed by atoms with Crippen LogP contribution in [0.2, 0.25) is 0 Å². The zero-order valence-corrected chi connectivity index (χ0v) is 11.2. The van der Waals surface area contributed by atoms with Crippen molar-refractivity contribution in [1.82, 2.24) is 4.98 Å². The molecule has 1 aromatic heterocycles. The summed E-state index contributed by atoms with van der Waals surface area (Å²) in [6.45, 7) is 0.323. The fourth-order valence-electron chi connectivity index (χ4n) is 1.56. The molecule has 0 unspecified atom stereocenters. The number of ether oxygens (including phenoxy) is 1. The van der Waals surface area contributed by atoms with Crippen LogP contribution in [-0.2, 0) is 16.4 Å². The van der Waals surface area contributed by atoms with Crippen LogP contribution in [0.3, 0.4) is 0 Å². The molecular formula is C13H14N2O3S. The summed E-state index contributed by atoms with van der Waals surface area (Å²) in [5.74, 6) is 0.960. The van der Waals surface area contributed by atoms with Crippen molar-refractivity contribution >= 4 is 9.84 Å². The number of benzene rings is 1. The van der Waals surface area contributed by atoms with E-state index >= 15 is 0 Å². The molecule has 2 rings (SSSR count). The molecule has 1 heterocycles. The van der Waals surface area contributed by atoms with E-state index in [9.17, 15) is 8.42 Å². The molecule has 0 atom stereocenters. The van der Waals surface area contributed by atoms with E-state index in [-0.39, 0.29) is 4.90 Å². The average molecular weight is 278 g/mol. The molecule has 0 spiro atoms. The van der Waals surface area contributed by atoms with Crippen LogP contribution in [-0.4, -0.2) is 19.7 Å². The molecule has 100 valence electrons. The van der Waals surface area contributed by atoms with Crippen LogP contribution in [0.15, 0.2) is 47.6 Å². The first-order valence-corrected chi connectivity index (χ1v) is 7.51. The second-order valence-electron chi connectivity index (χ2n) is 4.04. The summed E-state index contributed by atoms with van der Waals surface area (Å²) in [5, 5.41) is 0. The summed E-state index contributed by atoms with van der Waals surface area (Å²) >= 11 is 0. The molecule has 0 saturated heterocycles. The van der Waals surface area contributed by atoms with Crippen molar-refractivity contribution in [2.75, 3.05) is 6.26 Å². The summed E-state index contributed by atoms with van der Waals surface area (Å²) in [6, 6.07) is 8.07. The highest BCUT2D eigenvalue weighted by molar-refractivity contribution is 7.90. The molecule has 6 heteroatoms. The van der Waals surface area contributed by atoms with Crippen LogP contribution in [0.5, 0.6) is 11.5 Å². The minimum atomic E-state index is -3.25. The number of sulfone groups is 1. The number of hydrogen-bond donors (Lipinski definition) is 1. The lowest BCUT2D eigenvalue weighted by molar-refractivity contribution is 0.472. The maximum Gasteiger partial charge on any atom is 0.175 e. The Bertz CT molecular complexity index is 684. The molecule has 0 amide bonds. The largest absolute Gasteiger partial charge is 0.455 e. The summed E-state index contributed by atoms with van der Waals surface area (Å²) in [5.41, 5.74) is 6.41. The molecule has 0 fully saturated rings. The van der Waals surface area contributed by atoms with Crippen molar-refractivity contribution in [1.29, 1.82) is 0 Å².